The number of rotatable bonds is 0. The first-order chi connectivity index (χ1) is 5.27. The number of halogens is 1. The number of nitrogens with one attached hydrogen (secondary N) is 1. The highest BCUT2D eigenvalue weighted by Gasteiger charge is 2.24. The molecule has 1 aliphatic heterocycles. The van der Waals surface area contributed by atoms with Gasteiger partial charge in [-0.05, 0) is 12.0 Å². The van der Waals surface area contributed by atoms with E-state index in [0.29, 0.717) is 3.92 Å². The Labute approximate surface area is 78.9 Å². The van der Waals surface area contributed by atoms with Crippen LogP contribution >= 0.6 is 22.6 Å². The van der Waals surface area contributed by atoms with E-state index in [1.165, 1.54) is 5.57 Å². The van der Waals surface area contributed by atoms with Gasteiger partial charge in [0.1, 0.15) is 0 Å². The second kappa shape index (κ2) is 2.62. The molecule has 58 valence electrons. The van der Waals surface area contributed by atoms with Gasteiger partial charge < -0.3 is 5.32 Å². The fourth-order valence-electron chi connectivity index (χ4n) is 1.40. The molecule has 1 saturated heterocycles. The van der Waals surface area contributed by atoms with Crippen molar-refractivity contribution < 1.29 is 4.79 Å². The van der Waals surface area contributed by atoms with Crippen LogP contribution in [0.1, 0.15) is 6.42 Å². The van der Waals surface area contributed by atoms with Crippen LogP contribution in [0, 0.1) is 0 Å². The van der Waals surface area contributed by atoms with Gasteiger partial charge in [0.25, 0.3) is 5.91 Å². The Hall–Kier alpha value is -0.320. The van der Waals surface area contributed by atoms with Gasteiger partial charge in [-0.3, -0.25) is 4.79 Å². The second-order valence-corrected chi connectivity index (χ2v) is 4.34. The minimum Gasteiger partial charge on any atom is -0.348 e. The summed E-state index contributed by atoms with van der Waals surface area (Å²) in [5.74, 6) is 0.0968. The van der Waals surface area contributed by atoms with Crippen molar-refractivity contribution in [3.63, 3.8) is 0 Å². The van der Waals surface area contributed by atoms with Gasteiger partial charge in [0.2, 0.25) is 0 Å². The van der Waals surface area contributed by atoms with Gasteiger partial charge in [0.15, 0.2) is 0 Å². The van der Waals surface area contributed by atoms with Crippen LogP contribution in [0.4, 0.5) is 0 Å². The lowest BCUT2D eigenvalue weighted by atomic mass is 10.0. The van der Waals surface area contributed by atoms with E-state index in [9.17, 15) is 4.79 Å². The van der Waals surface area contributed by atoms with E-state index in [2.05, 4.69) is 34.0 Å². The molecule has 0 bridgehead atoms. The third-order valence-electron chi connectivity index (χ3n) is 1.96. The van der Waals surface area contributed by atoms with Crippen LogP contribution in [0.15, 0.2) is 23.3 Å². The fraction of sp³-hybridized carbons (Fsp3) is 0.375. The molecule has 0 saturated carbocycles. The lowest BCUT2D eigenvalue weighted by molar-refractivity contribution is -0.116. The molecule has 0 aromatic carbocycles. The predicted molar refractivity (Wildman–Crippen MR) is 51.6 cm³/mol. The summed E-state index contributed by atoms with van der Waals surface area (Å²) in [6, 6.07) is 0. The molecule has 1 fully saturated rings. The number of carbonyl (C=O) groups excluding carboxylic acids is 1. The monoisotopic (exact) mass is 261 g/mol. The van der Waals surface area contributed by atoms with Crippen LogP contribution in [-0.2, 0) is 4.79 Å². The molecule has 0 radical (unpaired) electrons. The first-order valence-corrected chi connectivity index (χ1v) is 4.85. The van der Waals surface area contributed by atoms with E-state index in [0.717, 1.165) is 18.5 Å². The largest absolute Gasteiger partial charge is 0.348 e. The molecule has 1 N–H and O–H groups in total. The van der Waals surface area contributed by atoms with Crippen LogP contribution in [-0.4, -0.2) is 16.4 Å². The molecule has 3 heteroatoms. The number of amides is 1. The molecule has 0 spiro atoms. The van der Waals surface area contributed by atoms with Crippen molar-refractivity contribution in [3.05, 3.63) is 23.3 Å². The first kappa shape index (κ1) is 7.34. The maximum atomic E-state index is 11.1. The lowest BCUT2D eigenvalue weighted by Crippen LogP contribution is -2.14. The van der Waals surface area contributed by atoms with E-state index in [1.807, 2.05) is 6.08 Å². The Balaban J connectivity index is 2.35. The fourth-order valence-corrected chi connectivity index (χ4v) is 2.09. The summed E-state index contributed by atoms with van der Waals surface area (Å²) in [4.78, 5) is 11.1. The maximum absolute atomic E-state index is 11.1. The molecule has 0 aromatic rings. The summed E-state index contributed by atoms with van der Waals surface area (Å²) in [6.45, 7) is 0.726. The Morgan fingerprint density at radius 3 is 3.27 bits per heavy atom. The minimum absolute atomic E-state index is 0.0968. The molecular formula is C8H8INO. The molecule has 1 atom stereocenters. The quantitative estimate of drug-likeness (QED) is 0.515. The molecule has 1 aliphatic carbocycles. The van der Waals surface area contributed by atoms with Gasteiger partial charge in [-0.1, -0.05) is 34.7 Å². The molecule has 0 aromatic heterocycles. The van der Waals surface area contributed by atoms with Crippen LogP contribution < -0.4 is 5.32 Å². The summed E-state index contributed by atoms with van der Waals surface area (Å²) < 4.78 is 0.569. The minimum atomic E-state index is 0.0968. The highest BCUT2D eigenvalue weighted by atomic mass is 127. The summed E-state index contributed by atoms with van der Waals surface area (Å²) >= 11 is 2.38. The van der Waals surface area contributed by atoms with Crippen molar-refractivity contribution >= 4 is 28.5 Å². The topological polar surface area (TPSA) is 29.1 Å². The highest BCUT2D eigenvalue weighted by Crippen LogP contribution is 2.26. The van der Waals surface area contributed by atoms with Gasteiger partial charge >= 0.3 is 0 Å². The molecule has 1 heterocycles. The number of hydrogen-bond acceptors (Lipinski definition) is 1. The van der Waals surface area contributed by atoms with Gasteiger partial charge in [0, 0.05) is 16.0 Å². The third-order valence-corrected chi connectivity index (χ3v) is 2.83. The second-order valence-electron chi connectivity index (χ2n) is 2.74. The average molecular weight is 261 g/mol. The molecule has 2 nitrogen and oxygen atoms in total. The Kier molecular flexibility index (Phi) is 1.75. The van der Waals surface area contributed by atoms with Crippen molar-refractivity contribution in [2.75, 3.05) is 6.54 Å². The van der Waals surface area contributed by atoms with Crippen LogP contribution in [0.2, 0.25) is 0 Å². The molecule has 2 aliphatic rings. The highest BCUT2D eigenvalue weighted by molar-refractivity contribution is 14.1. The summed E-state index contributed by atoms with van der Waals surface area (Å²) in [6.07, 6.45) is 5.20. The molecule has 1 amide bonds. The van der Waals surface area contributed by atoms with Crippen LogP contribution in [0.25, 0.3) is 0 Å². The van der Waals surface area contributed by atoms with E-state index < -0.39 is 0 Å². The molecule has 1 unspecified atom stereocenters. The van der Waals surface area contributed by atoms with Gasteiger partial charge in [-0.2, -0.15) is 0 Å². The number of alkyl halides is 1. The Morgan fingerprint density at radius 2 is 2.45 bits per heavy atom. The number of carbonyl (C=O) groups is 1. The number of allylic oxidation sites excluding steroid dienone is 2. The maximum Gasteiger partial charge on any atom is 0.251 e. The zero-order chi connectivity index (χ0) is 7.84. The van der Waals surface area contributed by atoms with Crippen LogP contribution in [0.3, 0.4) is 0 Å². The molecule has 2 rings (SSSR count). The van der Waals surface area contributed by atoms with Crippen molar-refractivity contribution in [1.29, 1.82) is 0 Å². The molecular weight excluding hydrogens is 253 g/mol. The SMILES string of the molecule is O=C1NCC2=CC(I)CC=C12. The normalized spacial score (nSPS) is 28.8. The number of hydrogen-bond donors (Lipinski definition) is 1. The standard InChI is InChI=1S/C8H8INO/c9-6-1-2-7-5(3-6)4-10-8(7)11/h2-3,6H,1,4H2,(H,10,11). The van der Waals surface area contributed by atoms with Crippen LogP contribution in [0.5, 0.6) is 0 Å². The zero-order valence-corrected chi connectivity index (χ0v) is 8.09. The van der Waals surface area contributed by atoms with E-state index in [-0.39, 0.29) is 5.91 Å². The lowest BCUT2D eigenvalue weighted by Gasteiger charge is -2.09. The molecule has 11 heavy (non-hydrogen) atoms. The van der Waals surface area contributed by atoms with E-state index in [4.69, 9.17) is 0 Å². The Morgan fingerprint density at radius 1 is 1.64 bits per heavy atom. The van der Waals surface area contributed by atoms with Gasteiger partial charge in [-0.25, -0.2) is 0 Å². The number of fused-ring (bicyclic) bond motifs is 1. The van der Waals surface area contributed by atoms with Crippen molar-refractivity contribution in [1.82, 2.24) is 5.32 Å². The van der Waals surface area contributed by atoms with Crippen molar-refractivity contribution in [2.45, 2.75) is 10.3 Å². The van der Waals surface area contributed by atoms with E-state index >= 15 is 0 Å². The zero-order valence-electron chi connectivity index (χ0n) is 5.93. The van der Waals surface area contributed by atoms with Crippen molar-refractivity contribution in [3.8, 4) is 0 Å². The summed E-state index contributed by atoms with van der Waals surface area (Å²) in [5.41, 5.74) is 2.08. The van der Waals surface area contributed by atoms with E-state index in [1.54, 1.807) is 0 Å². The smallest absolute Gasteiger partial charge is 0.251 e. The predicted octanol–water partition coefficient (Wildman–Crippen LogP) is 1.18. The summed E-state index contributed by atoms with van der Waals surface area (Å²) in [5, 5.41) is 2.80. The van der Waals surface area contributed by atoms with Gasteiger partial charge in [0.05, 0.1) is 0 Å². The summed E-state index contributed by atoms with van der Waals surface area (Å²) in [7, 11) is 0. The first-order valence-electron chi connectivity index (χ1n) is 3.61. The third kappa shape index (κ3) is 1.21. The van der Waals surface area contributed by atoms with Gasteiger partial charge in [-0.15, -0.1) is 0 Å². The average Bonchev–Trinajstić information content (AvgIpc) is 2.32. The van der Waals surface area contributed by atoms with Crippen molar-refractivity contribution in [2.24, 2.45) is 0 Å². The Bertz CT molecular complexity index is 267.